The Labute approximate surface area is 148 Å². The Morgan fingerprint density at radius 1 is 1.24 bits per heavy atom. The summed E-state index contributed by atoms with van der Waals surface area (Å²) in [6, 6.07) is 4.47. The Morgan fingerprint density at radius 2 is 1.92 bits per heavy atom. The van der Waals surface area contributed by atoms with E-state index >= 15 is 0 Å². The zero-order valence-corrected chi connectivity index (χ0v) is 15.3. The van der Waals surface area contributed by atoms with Gasteiger partial charge in [-0.15, -0.1) is 0 Å². The predicted molar refractivity (Wildman–Crippen MR) is 97.0 cm³/mol. The van der Waals surface area contributed by atoms with Crippen LogP contribution < -0.4 is 10.6 Å². The van der Waals surface area contributed by atoms with Crippen LogP contribution in [0.4, 0.5) is 10.5 Å². The van der Waals surface area contributed by atoms with E-state index in [0.717, 1.165) is 25.7 Å². The van der Waals surface area contributed by atoms with E-state index in [-0.39, 0.29) is 39.8 Å². The molecule has 6 nitrogen and oxygen atoms in total. The van der Waals surface area contributed by atoms with E-state index in [9.17, 15) is 14.7 Å². The fourth-order valence-electron chi connectivity index (χ4n) is 4.21. The number of phenolic OH excluding ortho intramolecular Hbond substituents is 1. The van der Waals surface area contributed by atoms with Crippen LogP contribution >= 0.6 is 0 Å². The van der Waals surface area contributed by atoms with Gasteiger partial charge in [0.25, 0.3) is 5.91 Å². The number of para-hydroxylation sites is 1. The van der Waals surface area contributed by atoms with Crippen molar-refractivity contribution in [2.75, 3.05) is 5.32 Å². The second-order valence-corrected chi connectivity index (χ2v) is 8.22. The number of carboxylic acid groups (broad SMARTS) is 1. The second-order valence-electron chi connectivity index (χ2n) is 8.22. The first kappa shape index (κ1) is 19.1. The summed E-state index contributed by atoms with van der Waals surface area (Å²) in [5.74, 6) is -0.733. The minimum absolute atomic E-state index is 0.00233. The monoisotopic (exact) mass is 348 g/mol. The van der Waals surface area contributed by atoms with E-state index in [0.29, 0.717) is 0 Å². The molecule has 138 valence electrons. The molecule has 25 heavy (non-hydrogen) atoms. The Morgan fingerprint density at radius 3 is 2.52 bits per heavy atom. The molecule has 1 saturated carbocycles. The van der Waals surface area contributed by atoms with Gasteiger partial charge in [-0.25, -0.2) is 4.79 Å². The Bertz CT molecular complexity index is 671. The summed E-state index contributed by atoms with van der Waals surface area (Å²) in [5, 5.41) is 24.1. The molecule has 0 bridgehead atoms. The van der Waals surface area contributed by atoms with Gasteiger partial charge in [0.15, 0.2) is 5.75 Å². The first-order valence-corrected chi connectivity index (χ1v) is 8.68. The molecule has 0 aromatic heterocycles. The zero-order valence-electron chi connectivity index (χ0n) is 15.3. The number of hydrogen-bond acceptors (Lipinski definition) is 3. The zero-order chi connectivity index (χ0) is 18.8. The molecule has 2 unspecified atom stereocenters. The first-order chi connectivity index (χ1) is 11.6. The lowest BCUT2D eigenvalue weighted by molar-refractivity contribution is 0.0606. The predicted octanol–water partition coefficient (Wildman–Crippen LogP) is 4.21. The molecule has 1 aromatic rings. The standard InChI is InChI=1S/C19H28N2O4/c1-5-19(4)10-12(9-18(2,3)11-19)20-16(23)13-7-6-8-14(15(13)22)21-17(24)25/h6-8,12,21-22H,5,9-11H2,1-4H3,(H,20,23)(H,24,25). The number of nitrogens with one attached hydrogen (secondary N) is 2. The lowest BCUT2D eigenvalue weighted by Crippen LogP contribution is -2.46. The third kappa shape index (κ3) is 4.65. The minimum Gasteiger partial charge on any atom is -0.505 e. The molecule has 2 amide bonds. The van der Waals surface area contributed by atoms with Crippen molar-refractivity contribution in [3.8, 4) is 5.75 Å². The van der Waals surface area contributed by atoms with Crippen LogP contribution in [0.1, 0.15) is 63.7 Å². The Balaban J connectivity index is 2.18. The van der Waals surface area contributed by atoms with E-state index in [2.05, 4.69) is 38.3 Å². The van der Waals surface area contributed by atoms with E-state index < -0.39 is 6.09 Å². The summed E-state index contributed by atoms with van der Waals surface area (Å²) in [7, 11) is 0. The van der Waals surface area contributed by atoms with Crippen molar-refractivity contribution in [2.24, 2.45) is 10.8 Å². The first-order valence-electron chi connectivity index (χ1n) is 8.68. The maximum atomic E-state index is 12.6. The normalized spacial score (nSPS) is 25.2. The fraction of sp³-hybridized carbons (Fsp3) is 0.579. The number of amides is 2. The average Bonchev–Trinajstić information content (AvgIpc) is 2.46. The largest absolute Gasteiger partial charge is 0.505 e. The number of benzene rings is 1. The summed E-state index contributed by atoms with van der Waals surface area (Å²) in [6.45, 7) is 8.86. The van der Waals surface area contributed by atoms with Gasteiger partial charge >= 0.3 is 6.09 Å². The van der Waals surface area contributed by atoms with Crippen LogP contribution in [0.3, 0.4) is 0 Å². The van der Waals surface area contributed by atoms with Gasteiger partial charge in [-0.2, -0.15) is 0 Å². The van der Waals surface area contributed by atoms with Gasteiger partial charge in [0, 0.05) is 6.04 Å². The van der Waals surface area contributed by atoms with E-state index in [1.807, 2.05) is 0 Å². The lowest BCUT2D eigenvalue weighted by Gasteiger charge is -2.46. The summed E-state index contributed by atoms with van der Waals surface area (Å²) in [5.41, 5.74) is 0.389. The number of carbonyl (C=O) groups is 2. The van der Waals surface area contributed by atoms with Crippen LogP contribution in [0.5, 0.6) is 5.75 Å². The number of rotatable bonds is 4. The molecular formula is C19H28N2O4. The van der Waals surface area contributed by atoms with Gasteiger partial charge in [0.05, 0.1) is 11.3 Å². The van der Waals surface area contributed by atoms with E-state index in [1.165, 1.54) is 12.1 Å². The third-order valence-electron chi connectivity index (χ3n) is 5.15. The van der Waals surface area contributed by atoms with E-state index in [4.69, 9.17) is 5.11 Å². The summed E-state index contributed by atoms with van der Waals surface area (Å²) in [4.78, 5) is 23.4. The fourth-order valence-corrected chi connectivity index (χ4v) is 4.21. The van der Waals surface area contributed by atoms with Crippen LogP contribution in [0.25, 0.3) is 0 Å². The number of aromatic hydroxyl groups is 1. The van der Waals surface area contributed by atoms with Crippen molar-refractivity contribution >= 4 is 17.7 Å². The van der Waals surface area contributed by atoms with Crippen LogP contribution in [0.15, 0.2) is 18.2 Å². The minimum atomic E-state index is -1.29. The highest BCUT2D eigenvalue weighted by Crippen LogP contribution is 2.47. The molecule has 6 heteroatoms. The molecule has 1 fully saturated rings. The van der Waals surface area contributed by atoms with Crippen LogP contribution in [0.2, 0.25) is 0 Å². The molecule has 0 aliphatic heterocycles. The van der Waals surface area contributed by atoms with Crippen molar-refractivity contribution < 1.29 is 19.8 Å². The lowest BCUT2D eigenvalue weighted by atomic mass is 9.61. The van der Waals surface area contributed by atoms with E-state index in [1.54, 1.807) is 6.07 Å². The molecular weight excluding hydrogens is 320 g/mol. The van der Waals surface area contributed by atoms with Crippen molar-refractivity contribution in [3.63, 3.8) is 0 Å². The van der Waals surface area contributed by atoms with Gasteiger partial charge in [-0.3, -0.25) is 10.1 Å². The molecule has 2 rings (SSSR count). The number of carbonyl (C=O) groups excluding carboxylic acids is 1. The number of hydrogen-bond donors (Lipinski definition) is 4. The van der Waals surface area contributed by atoms with Gasteiger partial charge < -0.3 is 15.5 Å². The Hall–Kier alpha value is -2.24. The molecule has 1 aromatic carbocycles. The number of phenols is 1. The molecule has 2 atom stereocenters. The molecule has 1 aliphatic rings. The summed E-state index contributed by atoms with van der Waals surface area (Å²) in [6.07, 6.45) is 2.65. The summed E-state index contributed by atoms with van der Waals surface area (Å²) < 4.78 is 0. The molecule has 0 radical (unpaired) electrons. The maximum absolute atomic E-state index is 12.6. The Kier molecular flexibility index (Phi) is 5.30. The quantitative estimate of drug-likeness (QED) is 0.613. The third-order valence-corrected chi connectivity index (χ3v) is 5.15. The van der Waals surface area contributed by atoms with Gasteiger partial charge in [0.1, 0.15) is 0 Å². The van der Waals surface area contributed by atoms with Crippen molar-refractivity contribution in [1.29, 1.82) is 0 Å². The van der Waals surface area contributed by atoms with Gasteiger partial charge in [0.2, 0.25) is 0 Å². The average molecular weight is 348 g/mol. The number of anilines is 1. The highest BCUT2D eigenvalue weighted by atomic mass is 16.4. The molecule has 4 N–H and O–H groups in total. The van der Waals surface area contributed by atoms with Crippen molar-refractivity contribution in [2.45, 2.75) is 59.4 Å². The summed E-state index contributed by atoms with van der Waals surface area (Å²) >= 11 is 0. The van der Waals surface area contributed by atoms with Crippen molar-refractivity contribution in [3.05, 3.63) is 23.8 Å². The smallest absolute Gasteiger partial charge is 0.409 e. The molecule has 0 heterocycles. The topological polar surface area (TPSA) is 98.7 Å². The van der Waals surface area contributed by atoms with Crippen molar-refractivity contribution in [1.82, 2.24) is 5.32 Å². The highest BCUT2D eigenvalue weighted by molar-refractivity contribution is 6.00. The SMILES string of the molecule is CCC1(C)CC(NC(=O)c2cccc(NC(=O)O)c2O)CC(C)(C)C1. The second kappa shape index (κ2) is 6.94. The van der Waals surface area contributed by atoms with Crippen LogP contribution in [0, 0.1) is 10.8 Å². The highest BCUT2D eigenvalue weighted by Gasteiger charge is 2.40. The maximum Gasteiger partial charge on any atom is 0.409 e. The van der Waals surface area contributed by atoms with Gasteiger partial charge in [-0.1, -0.05) is 40.2 Å². The molecule has 1 aliphatic carbocycles. The molecule has 0 spiro atoms. The van der Waals surface area contributed by atoms with Crippen LogP contribution in [-0.2, 0) is 0 Å². The molecule has 0 saturated heterocycles. The van der Waals surface area contributed by atoms with Crippen LogP contribution in [-0.4, -0.2) is 28.3 Å². The van der Waals surface area contributed by atoms with Gasteiger partial charge in [-0.05, 0) is 42.2 Å².